The van der Waals surface area contributed by atoms with Crippen molar-refractivity contribution in [2.75, 3.05) is 11.4 Å². The van der Waals surface area contributed by atoms with E-state index < -0.39 is 0 Å². The summed E-state index contributed by atoms with van der Waals surface area (Å²) in [6.07, 6.45) is 2.37. The third-order valence-corrected chi connectivity index (χ3v) is 3.25. The Bertz CT molecular complexity index is 688. The Morgan fingerprint density at radius 1 is 1.32 bits per heavy atom. The first-order valence-electron chi connectivity index (χ1n) is 6.05. The monoisotopic (exact) mass is 249 g/mol. The number of nitrogens with zero attached hydrogens (tertiary/aromatic N) is 3. The SMILES string of the molecule is N#Cc1cc(C(=O)N2CCc3ccccc32)ccn1. The van der Waals surface area contributed by atoms with Gasteiger partial charge in [0.25, 0.3) is 5.91 Å². The average Bonchev–Trinajstić information content (AvgIpc) is 2.90. The number of fused-ring (bicyclic) bond motifs is 1. The lowest BCUT2D eigenvalue weighted by molar-refractivity contribution is 0.0989. The van der Waals surface area contributed by atoms with Crippen LogP contribution in [0.5, 0.6) is 0 Å². The Morgan fingerprint density at radius 3 is 3.00 bits per heavy atom. The molecule has 2 aromatic rings. The molecule has 0 saturated carbocycles. The molecular formula is C15H11N3O. The van der Waals surface area contributed by atoms with E-state index in [9.17, 15) is 4.79 Å². The molecule has 0 aliphatic carbocycles. The van der Waals surface area contributed by atoms with E-state index in [4.69, 9.17) is 5.26 Å². The molecule has 0 atom stereocenters. The van der Waals surface area contributed by atoms with Crippen LogP contribution in [-0.4, -0.2) is 17.4 Å². The maximum Gasteiger partial charge on any atom is 0.258 e. The maximum absolute atomic E-state index is 12.5. The molecule has 0 fully saturated rings. The highest BCUT2D eigenvalue weighted by Crippen LogP contribution is 2.28. The van der Waals surface area contributed by atoms with Gasteiger partial charge in [-0.3, -0.25) is 4.79 Å². The van der Waals surface area contributed by atoms with Crippen molar-refractivity contribution in [3.8, 4) is 6.07 Å². The van der Waals surface area contributed by atoms with Gasteiger partial charge in [-0.05, 0) is 30.2 Å². The highest BCUT2D eigenvalue weighted by atomic mass is 16.2. The average molecular weight is 249 g/mol. The van der Waals surface area contributed by atoms with E-state index in [0.717, 1.165) is 12.1 Å². The summed E-state index contributed by atoms with van der Waals surface area (Å²) >= 11 is 0. The quantitative estimate of drug-likeness (QED) is 0.778. The zero-order chi connectivity index (χ0) is 13.2. The molecule has 19 heavy (non-hydrogen) atoms. The van der Waals surface area contributed by atoms with Crippen LogP contribution in [-0.2, 0) is 6.42 Å². The van der Waals surface area contributed by atoms with Crippen molar-refractivity contribution < 1.29 is 4.79 Å². The fourth-order valence-corrected chi connectivity index (χ4v) is 2.33. The van der Waals surface area contributed by atoms with Gasteiger partial charge in [-0.2, -0.15) is 5.26 Å². The molecule has 1 aromatic carbocycles. The topological polar surface area (TPSA) is 57.0 Å². The lowest BCUT2D eigenvalue weighted by atomic mass is 10.1. The van der Waals surface area contributed by atoms with E-state index in [1.54, 1.807) is 11.0 Å². The molecule has 1 amide bonds. The first kappa shape index (κ1) is 11.4. The molecule has 2 heterocycles. The van der Waals surface area contributed by atoms with E-state index in [2.05, 4.69) is 4.98 Å². The van der Waals surface area contributed by atoms with E-state index in [1.165, 1.54) is 17.8 Å². The number of amides is 1. The summed E-state index contributed by atoms with van der Waals surface area (Å²) in [4.78, 5) is 18.1. The van der Waals surface area contributed by atoms with E-state index in [-0.39, 0.29) is 11.6 Å². The molecule has 1 aliphatic rings. The van der Waals surface area contributed by atoms with Crippen molar-refractivity contribution >= 4 is 11.6 Å². The molecule has 4 nitrogen and oxygen atoms in total. The largest absolute Gasteiger partial charge is 0.308 e. The molecule has 4 heteroatoms. The number of carbonyl (C=O) groups excluding carboxylic acids is 1. The third-order valence-electron chi connectivity index (χ3n) is 3.25. The second-order valence-corrected chi connectivity index (χ2v) is 4.38. The molecule has 0 spiro atoms. The minimum atomic E-state index is -0.0798. The van der Waals surface area contributed by atoms with Gasteiger partial charge < -0.3 is 4.90 Å². The number of carbonyl (C=O) groups is 1. The summed E-state index contributed by atoms with van der Waals surface area (Å²) < 4.78 is 0. The van der Waals surface area contributed by atoms with Gasteiger partial charge in [-0.25, -0.2) is 4.98 Å². The summed E-state index contributed by atoms with van der Waals surface area (Å²) in [5.41, 5.74) is 2.91. The molecule has 1 aliphatic heterocycles. The predicted molar refractivity (Wildman–Crippen MR) is 70.8 cm³/mol. The number of nitriles is 1. The van der Waals surface area contributed by atoms with Crippen molar-refractivity contribution in [3.05, 3.63) is 59.4 Å². The van der Waals surface area contributed by atoms with E-state index in [0.29, 0.717) is 12.1 Å². The molecule has 0 N–H and O–H groups in total. The van der Waals surface area contributed by atoms with Crippen LogP contribution < -0.4 is 4.90 Å². The maximum atomic E-state index is 12.5. The van der Waals surface area contributed by atoms with Gasteiger partial charge in [0, 0.05) is 24.0 Å². The number of hydrogen-bond donors (Lipinski definition) is 0. The molecule has 0 saturated heterocycles. The van der Waals surface area contributed by atoms with Crippen molar-refractivity contribution in [1.82, 2.24) is 4.98 Å². The Kier molecular flexibility index (Phi) is 2.73. The first-order valence-corrected chi connectivity index (χ1v) is 6.05. The van der Waals surface area contributed by atoms with Crippen molar-refractivity contribution in [1.29, 1.82) is 5.26 Å². The molecule has 0 unspecified atom stereocenters. The molecule has 0 radical (unpaired) electrons. The Balaban J connectivity index is 1.96. The highest BCUT2D eigenvalue weighted by molar-refractivity contribution is 6.07. The van der Waals surface area contributed by atoms with Gasteiger partial charge in [0.15, 0.2) is 0 Å². The third kappa shape index (κ3) is 1.95. The van der Waals surface area contributed by atoms with Crippen molar-refractivity contribution in [2.45, 2.75) is 6.42 Å². The predicted octanol–water partition coefficient (Wildman–Crippen LogP) is 2.16. The van der Waals surface area contributed by atoms with E-state index in [1.807, 2.05) is 30.3 Å². The lowest BCUT2D eigenvalue weighted by Gasteiger charge is -2.17. The Hall–Kier alpha value is -2.67. The summed E-state index contributed by atoms with van der Waals surface area (Å²) in [5.74, 6) is -0.0798. The summed E-state index contributed by atoms with van der Waals surface area (Å²) in [6, 6.07) is 13.0. The Morgan fingerprint density at radius 2 is 2.16 bits per heavy atom. The minimum Gasteiger partial charge on any atom is -0.308 e. The molecule has 3 rings (SSSR count). The summed E-state index contributed by atoms with van der Waals surface area (Å²) in [6.45, 7) is 0.683. The second kappa shape index (κ2) is 4.54. The number of hydrogen-bond acceptors (Lipinski definition) is 3. The van der Waals surface area contributed by atoms with E-state index >= 15 is 0 Å². The van der Waals surface area contributed by atoms with Crippen LogP contribution in [0.1, 0.15) is 21.6 Å². The number of aromatic nitrogens is 1. The van der Waals surface area contributed by atoms with Crippen molar-refractivity contribution in [3.63, 3.8) is 0 Å². The lowest BCUT2D eigenvalue weighted by Crippen LogP contribution is -2.28. The zero-order valence-electron chi connectivity index (χ0n) is 10.2. The fraction of sp³-hybridized carbons (Fsp3) is 0.133. The number of benzene rings is 1. The molecular weight excluding hydrogens is 238 g/mol. The first-order chi connectivity index (χ1) is 9.29. The zero-order valence-corrected chi connectivity index (χ0v) is 10.2. The Labute approximate surface area is 110 Å². The summed E-state index contributed by atoms with van der Waals surface area (Å²) in [5, 5.41) is 8.83. The van der Waals surface area contributed by atoms with Crippen LogP contribution in [0, 0.1) is 11.3 Å². The summed E-state index contributed by atoms with van der Waals surface area (Å²) in [7, 11) is 0. The minimum absolute atomic E-state index is 0.0798. The molecule has 92 valence electrons. The van der Waals surface area contributed by atoms with Crippen LogP contribution in [0.25, 0.3) is 0 Å². The van der Waals surface area contributed by atoms with Crippen LogP contribution >= 0.6 is 0 Å². The van der Waals surface area contributed by atoms with Crippen molar-refractivity contribution in [2.24, 2.45) is 0 Å². The van der Waals surface area contributed by atoms with Gasteiger partial charge in [0.05, 0.1) is 0 Å². The smallest absolute Gasteiger partial charge is 0.258 e. The fourth-order valence-electron chi connectivity index (χ4n) is 2.33. The normalized spacial score (nSPS) is 12.9. The van der Waals surface area contributed by atoms with Gasteiger partial charge in [-0.1, -0.05) is 18.2 Å². The standard InChI is InChI=1S/C15H11N3O/c16-10-13-9-12(5-7-17-13)15(19)18-8-6-11-3-1-2-4-14(11)18/h1-5,7,9H,6,8H2. The number of para-hydroxylation sites is 1. The molecule has 0 bridgehead atoms. The number of rotatable bonds is 1. The van der Waals surface area contributed by atoms with Gasteiger partial charge in [0.1, 0.15) is 11.8 Å². The van der Waals surface area contributed by atoms with Crippen LogP contribution in [0.15, 0.2) is 42.6 Å². The van der Waals surface area contributed by atoms with Crippen LogP contribution in [0.4, 0.5) is 5.69 Å². The van der Waals surface area contributed by atoms with Crippen LogP contribution in [0.3, 0.4) is 0 Å². The number of pyridine rings is 1. The van der Waals surface area contributed by atoms with Gasteiger partial charge in [-0.15, -0.1) is 0 Å². The highest BCUT2D eigenvalue weighted by Gasteiger charge is 2.25. The molecule has 1 aromatic heterocycles. The van der Waals surface area contributed by atoms with Gasteiger partial charge >= 0.3 is 0 Å². The second-order valence-electron chi connectivity index (χ2n) is 4.38. The van der Waals surface area contributed by atoms with Crippen LogP contribution in [0.2, 0.25) is 0 Å². The number of anilines is 1. The van der Waals surface area contributed by atoms with Gasteiger partial charge in [0.2, 0.25) is 0 Å².